The summed E-state index contributed by atoms with van der Waals surface area (Å²) < 4.78 is 5.95. The molecule has 0 aliphatic heterocycles. The minimum Gasteiger partial charge on any atom is -0.495 e. The van der Waals surface area contributed by atoms with Gasteiger partial charge in [0.2, 0.25) is 5.91 Å². The quantitative estimate of drug-likeness (QED) is 0.769. The number of amides is 1. The number of benzene rings is 2. The zero-order valence-corrected chi connectivity index (χ0v) is 14.4. The predicted molar refractivity (Wildman–Crippen MR) is 93.9 cm³/mol. The molecule has 6 heteroatoms. The number of methoxy groups -OCH3 is 1. The van der Waals surface area contributed by atoms with Gasteiger partial charge in [0.1, 0.15) is 5.75 Å². The van der Waals surface area contributed by atoms with Gasteiger partial charge in [0.15, 0.2) is 0 Å². The van der Waals surface area contributed by atoms with Gasteiger partial charge in [-0.3, -0.25) is 4.79 Å². The van der Waals surface area contributed by atoms with E-state index in [1.54, 1.807) is 19.2 Å². The Morgan fingerprint density at radius 3 is 2.73 bits per heavy atom. The lowest BCUT2D eigenvalue weighted by Gasteiger charge is -2.10. The van der Waals surface area contributed by atoms with Crippen LogP contribution >= 0.6 is 27.5 Å². The summed E-state index contributed by atoms with van der Waals surface area (Å²) >= 11 is 9.44. The van der Waals surface area contributed by atoms with Crippen LogP contribution in [0, 0.1) is 0 Å². The van der Waals surface area contributed by atoms with Crippen molar-refractivity contribution in [1.29, 1.82) is 0 Å². The minimum absolute atomic E-state index is 0.0565. The molecule has 0 unspecified atom stereocenters. The van der Waals surface area contributed by atoms with E-state index in [-0.39, 0.29) is 5.91 Å². The second-order valence-corrected chi connectivity index (χ2v) is 5.82. The molecule has 0 heterocycles. The first-order valence-corrected chi connectivity index (χ1v) is 7.89. The summed E-state index contributed by atoms with van der Waals surface area (Å²) in [7, 11) is 1.57. The monoisotopic (exact) mass is 382 g/mol. The van der Waals surface area contributed by atoms with Crippen LogP contribution in [0.15, 0.2) is 46.9 Å². The van der Waals surface area contributed by atoms with Crippen molar-refractivity contribution in [2.24, 2.45) is 0 Å². The topological polar surface area (TPSA) is 50.4 Å². The molecule has 0 saturated carbocycles. The number of nitrogens with one attached hydrogen (secondary N) is 2. The number of anilines is 2. The lowest BCUT2D eigenvalue weighted by molar-refractivity contribution is -0.115. The van der Waals surface area contributed by atoms with Crippen LogP contribution in [-0.2, 0) is 4.79 Å². The summed E-state index contributed by atoms with van der Waals surface area (Å²) in [6.07, 6.45) is 0.352. The fourth-order valence-electron chi connectivity index (χ4n) is 1.87. The number of rotatable bonds is 6. The highest BCUT2D eigenvalue weighted by molar-refractivity contribution is 9.10. The van der Waals surface area contributed by atoms with Gasteiger partial charge in [0.05, 0.1) is 17.8 Å². The van der Waals surface area contributed by atoms with E-state index in [9.17, 15) is 4.79 Å². The number of halogens is 2. The number of carbonyl (C=O) groups excluding carboxylic acids is 1. The number of para-hydroxylation sites is 1. The Bertz CT molecular complexity index is 664. The average Bonchev–Trinajstić information content (AvgIpc) is 2.50. The number of hydrogen-bond acceptors (Lipinski definition) is 3. The molecule has 0 aromatic heterocycles. The van der Waals surface area contributed by atoms with Gasteiger partial charge in [-0.25, -0.2) is 0 Å². The van der Waals surface area contributed by atoms with Gasteiger partial charge < -0.3 is 15.4 Å². The van der Waals surface area contributed by atoms with Crippen molar-refractivity contribution in [3.63, 3.8) is 0 Å². The third-order valence-electron chi connectivity index (χ3n) is 2.98. The fraction of sp³-hybridized carbons (Fsp3) is 0.188. The molecular formula is C16H16BrClN2O2. The van der Waals surface area contributed by atoms with Crippen LogP contribution in [0.2, 0.25) is 5.02 Å². The Balaban J connectivity index is 1.82. The van der Waals surface area contributed by atoms with E-state index in [2.05, 4.69) is 26.6 Å². The first kappa shape index (κ1) is 16.6. The predicted octanol–water partition coefficient (Wildman–Crippen LogP) is 4.55. The zero-order chi connectivity index (χ0) is 15.9. The standard InChI is InChI=1S/C16H16BrClN2O2/c1-22-15-7-6-11(10-13(15)18)19-9-8-16(21)20-14-5-3-2-4-12(14)17/h2-7,10,19H,8-9H2,1H3,(H,20,21). The van der Waals surface area contributed by atoms with Gasteiger partial charge in [0, 0.05) is 23.1 Å². The van der Waals surface area contributed by atoms with E-state index in [1.165, 1.54) is 0 Å². The number of carbonyl (C=O) groups is 1. The molecule has 0 bridgehead atoms. The van der Waals surface area contributed by atoms with E-state index in [0.717, 1.165) is 15.8 Å². The molecule has 0 atom stereocenters. The fourth-order valence-corrected chi connectivity index (χ4v) is 2.51. The smallest absolute Gasteiger partial charge is 0.226 e. The molecule has 1 amide bonds. The van der Waals surface area contributed by atoms with Gasteiger partial charge in [-0.1, -0.05) is 23.7 Å². The van der Waals surface area contributed by atoms with Crippen LogP contribution in [0.1, 0.15) is 6.42 Å². The van der Waals surface area contributed by atoms with Crippen LogP contribution in [0.5, 0.6) is 5.75 Å². The van der Waals surface area contributed by atoms with Crippen molar-refractivity contribution in [2.45, 2.75) is 6.42 Å². The first-order chi connectivity index (χ1) is 10.6. The van der Waals surface area contributed by atoms with E-state index in [0.29, 0.717) is 23.7 Å². The van der Waals surface area contributed by atoms with Gasteiger partial charge in [-0.05, 0) is 46.3 Å². The molecule has 0 aliphatic rings. The Morgan fingerprint density at radius 2 is 2.05 bits per heavy atom. The maximum atomic E-state index is 11.9. The van der Waals surface area contributed by atoms with E-state index in [4.69, 9.17) is 16.3 Å². The van der Waals surface area contributed by atoms with E-state index in [1.807, 2.05) is 30.3 Å². The molecule has 0 fully saturated rings. The summed E-state index contributed by atoms with van der Waals surface area (Å²) in [5, 5.41) is 6.54. The SMILES string of the molecule is COc1ccc(NCCC(=O)Nc2ccccc2Br)cc1Cl. The molecule has 22 heavy (non-hydrogen) atoms. The Morgan fingerprint density at radius 1 is 1.27 bits per heavy atom. The molecular weight excluding hydrogens is 368 g/mol. The Hall–Kier alpha value is -1.72. The van der Waals surface area contributed by atoms with Crippen LogP contribution in [0.4, 0.5) is 11.4 Å². The summed E-state index contributed by atoms with van der Waals surface area (Å²) in [6.45, 7) is 0.513. The third kappa shape index (κ3) is 4.64. The molecule has 2 rings (SSSR count). The molecule has 4 nitrogen and oxygen atoms in total. The maximum absolute atomic E-state index is 11.9. The average molecular weight is 384 g/mol. The molecule has 116 valence electrons. The first-order valence-electron chi connectivity index (χ1n) is 6.72. The number of ether oxygens (including phenoxy) is 1. The summed E-state index contributed by atoms with van der Waals surface area (Å²) in [5.41, 5.74) is 1.61. The molecule has 0 saturated heterocycles. The molecule has 2 aromatic carbocycles. The number of hydrogen-bond donors (Lipinski definition) is 2. The van der Waals surface area contributed by atoms with Crippen molar-refractivity contribution < 1.29 is 9.53 Å². The molecule has 2 N–H and O–H groups in total. The van der Waals surface area contributed by atoms with Crippen LogP contribution in [-0.4, -0.2) is 19.6 Å². The van der Waals surface area contributed by atoms with E-state index < -0.39 is 0 Å². The Labute approximate surface area is 142 Å². The van der Waals surface area contributed by atoms with Crippen molar-refractivity contribution >= 4 is 44.8 Å². The van der Waals surface area contributed by atoms with Crippen molar-refractivity contribution in [1.82, 2.24) is 0 Å². The van der Waals surface area contributed by atoms with Gasteiger partial charge >= 0.3 is 0 Å². The van der Waals surface area contributed by atoms with Crippen LogP contribution < -0.4 is 15.4 Å². The Kier molecular flexibility index (Phi) is 6.10. The molecule has 2 aromatic rings. The summed E-state index contributed by atoms with van der Waals surface area (Å²) in [5.74, 6) is 0.567. The largest absolute Gasteiger partial charge is 0.495 e. The normalized spacial score (nSPS) is 10.1. The highest BCUT2D eigenvalue weighted by atomic mass is 79.9. The molecule has 0 aliphatic carbocycles. The maximum Gasteiger partial charge on any atom is 0.226 e. The summed E-state index contributed by atoms with van der Waals surface area (Å²) in [6, 6.07) is 12.9. The lowest BCUT2D eigenvalue weighted by atomic mass is 10.2. The van der Waals surface area contributed by atoms with Crippen molar-refractivity contribution in [3.8, 4) is 5.75 Å². The van der Waals surface area contributed by atoms with Gasteiger partial charge in [-0.15, -0.1) is 0 Å². The highest BCUT2D eigenvalue weighted by Gasteiger charge is 2.05. The zero-order valence-electron chi connectivity index (χ0n) is 12.0. The summed E-state index contributed by atoms with van der Waals surface area (Å²) in [4.78, 5) is 11.9. The van der Waals surface area contributed by atoms with E-state index >= 15 is 0 Å². The second kappa shape index (κ2) is 8.06. The van der Waals surface area contributed by atoms with Crippen LogP contribution in [0.25, 0.3) is 0 Å². The third-order valence-corrected chi connectivity index (χ3v) is 3.97. The van der Waals surface area contributed by atoms with Gasteiger partial charge in [-0.2, -0.15) is 0 Å². The second-order valence-electron chi connectivity index (χ2n) is 4.55. The van der Waals surface area contributed by atoms with Crippen molar-refractivity contribution in [3.05, 3.63) is 52.0 Å². The molecule has 0 spiro atoms. The lowest BCUT2D eigenvalue weighted by Crippen LogP contribution is -2.16. The molecule has 0 radical (unpaired) electrons. The van der Waals surface area contributed by atoms with Gasteiger partial charge in [0.25, 0.3) is 0 Å². The van der Waals surface area contributed by atoms with Crippen LogP contribution in [0.3, 0.4) is 0 Å². The van der Waals surface area contributed by atoms with Crippen molar-refractivity contribution in [2.75, 3.05) is 24.3 Å². The minimum atomic E-state index is -0.0565. The highest BCUT2D eigenvalue weighted by Crippen LogP contribution is 2.27.